The van der Waals surface area contributed by atoms with Crippen molar-refractivity contribution >= 4 is 28.9 Å². The highest BCUT2D eigenvalue weighted by Gasteiger charge is 1.79. The quantitative estimate of drug-likeness (QED) is 0.548. The summed E-state index contributed by atoms with van der Waals surface area (Å²) in [5.41, 5.74) is 9.24. The fourth-order valence-electron chi connectivity index (χ4n) is 0.227. The third-order valence-electron chi connectivity index (χ3n) is 0.471. The topological polar surface area (TPSA) is 90.7 Å². The Morgan fingerprint density at radius 2 is 2.09 bits per heavy atom. The molecule has 0 saturated carbocycles. The van der Waals surface area contributed by atoms with Crippen molar-refractivity contribution in [2.24, 2.45) is 11.5 Å². The van der Waals surface area contributed by atoms with Crippen LogP contribution in [0.1, 0.15) is 0 Å². The molecule has 60 valence electrons. The second-order valence-electron chi connectivity index (χ2n) is 1.35. The lowest BCUT2D eigenvalue weighted by molar-refractivity contribution is 0.865. The SMILES string of the molecule is Clc1ccnnn1.NC(N)=S. The number of thiocarbonyl (C=S) groups is 1. The summed E-state index contributed by atoms with van der Waals surface area (Å²) in [4.78, 5) is 0. The Hall–Kier alpha value is -1.01. The van der Waals surface area contributed by atoms with Gasteiger partial charge in [-0.15, -0.1) is 10.2 Å². The van der Waals surface area contributed by atoms with Crippen LogP contribution in [0.25, 0.3) is 0 Å². The molecule has 1 heterocycles. The molecule has 0 radical (unpaired) electrons. The molecule has 0 unspecified atom stereocenters. The van der Waals surface area contributed by atoms with Crippen molar-refractivity contribution in [2.45, 2.75) is 0 Å². The Balaban J connectivity index is 0.000000218. The molecular formula is C4H6ClN5S. The average molecular weight is 192 g/mol. The molecule has 1 aromatic heterocycles. The molecule has 11 heavy (non-hydrogen) atoms. The summed E-state index contributed by atoms with van der Waals surface area (Å²) in [6.45, 7) is 0. The zero-order valence-electron chi connectivity index (χ0n) is 5.44. The number of hydrogen-bond donors (Lipinski definition) is 2. The van der Waals surface area contributed by atoms with Gasteiger partial charge >= 0.3 is 0 Å². The number of halogens is 1. The summed E-state index contributed by atoms with van der Waals surface area (Å²) in [7, 11) is 0. The Bertz CT molecular complexity index is 211. The molecule has 0 fully saturated rings. The summed E-state index contributed by atoms with van der Waals surface area (Å²) < 4.78 is 0. The number of aromatic nitrogens is 3. The number of rotatable bonds is 0. The predicted octanol–water partition coefficient (Wildman–Crippen LogP) is -0.286. The normalized spacial score (nSPS) is 7.73. The van der Waals surface area contributed by atoms with Gasteiger partial charge in [0.2, 0.25) is 0 Å². The van der Waals surface area contributed by atoms with E-state index in [4.69, 9.17) is 11.6 Å². The Labute approximate surface area is 73.7 Å². The highest BCUT2D eigenvalue weighted by atomic mass is 35.5. The molecule has 4 N–H and O–H groups in total. The lowest BCUT2D eigenvalue weighted by Crippen LogP contribution is -2.18. The smallest absolute Gasteiger partial charge is 0.160 e. The van der Waals surface area contributed by atoms with Crippen molar-refractivity contribution in [3.63, 3.8) is 0 Å². The van der Waals surface area contributed by atoms with Gasteiger partial charge in [0, 0.05) is 0 Å². The molecule has 1 aromatic rings. The highest BCUT2D eigenvalue weighted by molar-refractivity contribution is 7.80. The summed E-state index contributed by atoms with van der Waals surface area (Å²) in [6.07, 6.45) is 1.48. The minimum atomic E-state index is 0.000000000000000222. The largest absolute Gasteiger partial charge is 0.377 e. The molecule has 0 saturated heterocycles. The van der Waals surface area contributed by atoms with E-state index in [0.717, 1.165) is 0 Å². The van der Waals surface area contributed by atoms with Crippen LogP contribution in [-0.4, -0.2) is 20.5 Å². The van der Waals surface area contributed by atoms with Crippen molar-refractivity contribution < 1.29 is 0 Å². The van der Waals surface area contributed by atoms with E-state index in [-0.39, 0.29) is 5.11 Å². The number of hydrogen-bond acceptors (Lipinski definition) is 4. The zero-order chi connectivity index (χ0) is 8.69. The van der Waals surface area contributed by atoms with Gasteiger partial charge < -0.3 is 11.5 Å². The van der Waals surface area contributed by atoms with Crippen LogP contribution in [-0.2, 0) is 0 Å². The maximum Gasteiger partial charge on any atom is 0.160 e. The Morgan fingerprint density at radius 1 is 1.55 bits per heavy atom. The van der Waals surface area contributed by atoms with Crippen molar-refractivity contribution in [3.8, 4) is 0 Å². The van der Waals surface area contributed by atoms with Crippen LogP contribution in [0.3, 0.4) is 0 Å². The molecule has 0 spiro atoms. The molecule has 0 amide bonds. The van der Waals surface area contributed by atoms with Gasteiger partial charge in [0.25, 0.3) is 0 Å². The van der Waals surface area contributed by atoms with Crippen molar-refractivity contribution in [3.05, 3.63) is 17.4 Å². The van der Waals surface area contributed by atoms with E-state index in [1.165, 1.54) is 6.20 Å². The molecule has 7 heteroatoms. The monoisotopic (exact) mass is 191 g/mol. The van der Waals surface area contributed by atoms with E-state index in [1.807, 2.05) is 0 Å². The van der Waals surface area contributed by atoms with E-state index < -0.39 is 0 Å². The van der Waals surface area contributed by atoms with Crippen molar-refractivity contribution in [2.75, 3.05) is 0 Å². The van der Waals surface area contributed by atoms with Gasteiger partial charge in [0.05, 0.1) is 6.20 Å². The third kappa shape index (κ3) is 8.99. The van der Waals surface area contributed by atoms with Crippen LogP contribution < -0.4 is 11.5 Å². The summed E-state index contributed by atoms with van der Waals surface area (Å²) in [5, 5.41) is 10.4. The van der Waals surface area contributed by atoms with Crippen molar-refractivity contribution in [1.82, 2.24) is 15.4 Å². The third-order valence-corrected chi connectivity index (χ3v) is 0.672. The first-order valence-corrected chi connectivity index (χ1v) is 3.26. The minimum absolute atomic E-state index is 0.000000000000000222. The molecule has 0 aliphatic carbocycles. The molecule has 0 aliphatic heterocycles. The number of nitrogens with zero attached hydrogens (tertiary/aromatic N) is 3. The van der Waals surface area contributed by atoms with E-state index in [0.29, 0.717) is 5.15 Å². The Morgan fingerprint density at radius 3 is 2.27 bits per heavy atom. The predicted molar refractivity (Wildman–Crippen MR) is 45.8 cm³/mol. The Kier molecular flexibility index (Phi) is 5.22. The van der Waals surface area contributed by atoms with Gasteiger partial charge in [-0.2, -0.15) is 0 Å². The van der Waals surface area contributed by atoms with Crippen molar-refractivity contribution in [1.29, 1.82) is 0 Å². The first kappa shape index (κ1) is 9.99. The van der Waals surface area contributed by atoms with Gasteiger partial charge in [-0.3, -0.25) is 0 Å². The zero-order valence-corrected chi connectivity index (χ0v) is 7.01. The van der Waals surface area contributed by atoms with E-state index in [1.54, 1.807) is 6.07 Å². The standard InChI is InChI=1S/C3H2ClN3.CH4N2S/c4-3-1-2-5-7-6-3;2-1(3)4/h1-2H;(H4,2,3,4). The van der Waals surface area contributed by atoms with E-state index in [9.17, 15) is 0 Å². The molecule has 0 atom stereocenters. The molecule has 1 rings (SSSR count). The van der Waals surface area contributed by atoms with Crippen LogP contribution in [0.4, 0.5) is 0 Å². The molecular weight excluding hydrogens is 186 g/mol. The van der Waals surface area contributed by atoms with Gasteiger partial charge in [0.1, 0.15) is 0 Å². The fourth-order valence-corrected chi connectivity index (χ4v) is 0.317. The van der Waals surface area contributed by atoms with Gasteiger partial charge in [-0.1, -0.05) is 11.6 Å². The van der Waals surface area contributed by atoms with Gasteiger partial charge in [-0.25, -0.2) is 0 Å². The van der Waals surface area contributed by atoms with Gasteiger partial charge in [0.15, 0.2) is 10.3 Å². The molecule has 0 aromatic carbocycles. The number of nitrogens with two attached hydrogens (primary N) is 2. The molecule has 0 aliphatic rings. The highest BCUT2D eigenvalue weighted by Crippen LogP contribution is 1.94. The summed E-state index contributed by atoms with van der Waals surface area (Å²) in [5.74, 6) is 0. The maximum atomic E-state index is 5.33. The van der Waals surface area contributed by atoms with Crippen LogP contribution in [0, 0.1) is 0 Å². The van der Waals surface area contributed by atoms with Crippen LogP contribution in [0.2, 0.25) is 5.15 Å². The summed E-state index contributed by atoms with van der Waals surface area (Å²) in [6, 6.07) is 1.56. The fraction of sp³-hybridized carbons (Fsp3) is 0. The second kappa shape index (κ2) is 5.75. The summed E-state index contributed by atoms with van der Waals surface area (Å²) >= 11 is 9.42. The molecule has 0 bridgehead atoms. The van der Waals surface area contributed by atoms with Crippen LogP contribution in [0.5, 0.6) is 0 Å². The first-order chi connectivity index (χ1) is 5.13. The maximum absolute atomic E-state index is 5.33. The average Bonchev–Trinajstić information content (AvgIpc) is 1.87. The second-order valence-corrected chi connectivity index (χ2v) is 2.20. The lowest BCUT2D eigenvalue weighted by atomic mass is 10.7. The van der Waals surface area contributed by atoms with Crippen LogP contribution in [0.15, 0.2) is 12.3 Å². The first-order valence-electron chi connectivity index (χ1n) is 2.47. The van der Waals surface area contributed by atoms with E-state index >= 15 is 0 Å². The molecule has 5 nitrogen and oxygen atoms in total. The van der Waals surface area contributed by atoms with Gasteiger partial charge in [-0.05, 0) is 23.5 Å². The lowest BCUT2D eigenvalue weighted by Gasteiger charge is -1.76. The minimum Gasteiger partial charge on any atom is -0.377 e. The van der Waals surface area contributed by atoms with Crippen LogP contribution >= 0.6 is 23.8 Å². The van der Waals surface area contributed by atoms with E-state index in [2.05, 4.69) is 39.1 Å².